The molecule has 6 heteroatoms. The zero-order valence-electron chi connectivity index (χ0n) is 12.8. The van der Waals surface area contributed by atoms with Gasteiger partial charge in [0.2, 0.25) is 0 Å². The van der Waals surface area contributed by atoms with E-state index in [1.54, 1.807) is 13.2 Å². The monoisotopic (exact) mass is 323 g/mol. The summed E-state index contributed by atoms with van der Waals surface area (Å²) in [5, 5.41) is 11.9. The van der Waals surface area contributed by atoms with Crippen molar-refractivity contribution in [1.82, 2.24) is 5.32 Å². The molecule has 23 heavy (non-hydrogen) atoms. The molecule has 2 aromatic carbocycles. The van der Waals surface area contributed by atoms with Gasteiger partial charge in [-0.25, -0.2) is 8.78 Å². The van der Waals surface area contributed by atoms with E-state index < -0.39 is 11.6 Å². The number of aliphatic hydroxyl groups excluding tert-OH is 1. The van der Waals surface area contributed by atoms with Crippen LogP contribution in [0.25, 0.3) is 0 Å². The van der Waals surface area contributed by atoms with Gasteiger partial charge in [0, 0.05) is 13.1 Å². The molecule has 124 valence electrons. The lowest BCUT2D eigenvalue weighted by Crippen LogP contribution is -2.13. The maximum atomic E-state index is 13.1. The molecule has 0 saturated heterocycles. The Bertz CT molecular complexity index is 650. The van der Waals surface area contributed by atoms with Crippen LogP contribution in [0.15, 0.2) is 36.4 Å². The average Bonchev–Trinajstić information content (AvgIpc) is 2.56. The maximum absolute atomic E-state index is 13.1. The molecule has 0 saturated carbocycles. The molecule has 0 spiro atoms. The first-order valence-corrected chi connectivity index (χ1v) is 7.19. The molecule has 0 aliphatic heterocycles. The van der Waals surface area contributed by atoms with Crippen molar-refractivity contribution in [3.05, 3.63) is 59.2 Å². The third kappa shape index (κ3) is 4.91. The second-order valence-electron chi connectivity index (χ2n) is 4.91. The van der Waals surface area contributed by atoms with E-state index >= 15 is 0 Å². The second-order valence-corrected chi connectivity index (χ2v) is 4.91. The minimum absolute atomic E-state index is 0.0688. The van der Waals surface area contributed by atoms with Crippen molar-refractivity contribution < 1.29 is 23.4 Å². The van der Waals surface area contributed by atoms with E-state index in [1.165, 1.54) is 12.1 Å². The van der Waals surface area contributed by atoms with E-state index in [0.717, 1.165) is 11.6 Å². The van der Waals surface area contributed by atoms with Gasteiger partial charge in [-0.05, 0) is 35.4 Å². The van der Waals surface area contributed by atoms with Crippen molar-refractivity contribution >= 4 is 0 Å². The molecule has 2 rings (SSSR count). The molecule has 4 nitrogen and oxygen atoms in total. The molecule has 0 aliphatic rings. The van der Waals surface area contributed by atoms with Crippen LogP contribution < -0.4 is 14.8 Å². The zero-order valence-corrected chi connectivity index (χ0v) is 12.8. The molecule has 0 aliphatic carbocycles. The summed E-state index contributed by atoms with van der Waals surface area (Å²) in [4.78, 5) is 0. The lowest BCUT2D eigenvalue weighted by atomic mass is 10.1. The highest BCUT2D eigenvalue weighted by molar-refractivity contribution is 5.43. The van der Waals surface area contributed by atoms with Gasteiger partial charge in [0.25, 0.3) is 0 Å². The molecular formula is C17H19F2NO3. The fourth-order valence-corrected chi connectivity index (χ4v) is 2.10. The van der Waals surface area contributed by atoms with Crippen molar-refractivity contribution in [2.24, 2.45) is 0 Å². The van der Waals surface area contributed by atoms with E-state index in [0.29, 0.717) is 30.2 Å². The normalized spacial score (nSPS) is 10.6. The molecule has 0 unspecified atom stereocenters. The van der Waals surface area contributed by atoms with Gasteiger partial charge in [-0.3, -0.25) is 0 Å². The van der Waals surface area contributed by atoms with Crippen LogP contribution in [0.4, 0.5) is 8.78 Å². The highest BCUT2D eigenvalue weighted by Crippen LogP contribution is 2.28. The Balaban J connectivity index is 1.93. The Morgan fingerprint density at radius 3 is 2.30 bits per heavy atom. The molecule has 2 N–H and O–H groups in total. The largest absolute Gasteiger partial charge is 0.493 e. The number of ether oxygens (including phenoxy) is 2. The van der Waals surface area contributed by atoms with Gasteiger partial charge in [0.1, 0.15) is 6.61 Å². The summed E-state index contributed by atoms with van der Waals surface area (Å²) < 4.78 is 36.6. The van der Waals surface area contributed by atoms with Gasteiger partial charge in [-0.2, -0.15) is 0 Å². The number of nitrogens with one attached hydrogen (secondary N) is 1. The summed E-state index contributed by atoms with van der Waals surface area (Å²) in [7, 11) is 1.54. The van der Waals surface area contributed by atoms with Gasteiger partial charge in [-0.15, -0.1) is 0 Å². The predicted octanol–water partition coefficient (Wildman–Crippen LogP) is 2.63. The van der Waals surface area contributed by atoms with E-state index in [-0.39, 0.29) is 13.2 Å². The van der Waals surface area contributed by atoms with Crippen LogP contribution in [0, 0.1) is 11.6 Å². The number of halogens is 2. The number of benzene rings is 2. The lowest BCUT2D eigenvalue weighted by molar-refractivity contribution is 0.196. The quantitative estimate of drug-likeness (QED) is 0.784. The molecule has 0 atom stereocenters. The van der Waals surface area contributed by atoms with Crippen molar-refractivity contribution in [3.63, 3.8) is 0 Å². The first-order chi connectivity index (χ1) is 11.1. The Morgan fingerprint density at radius 2 is 1.65 bits per heavy atom. The summed E-state index contributed by atoms with van der Waals surface area (Å²) in [6.45, 7) is 1.09. The van der Waals surface area contributed by atoms with E-state index in [9.17, 15) is 8.78 Å². The molecule has 0 aromatic heterocycles. The van der Waals surface area contributed by atoms with Gasteiger partial charge in [0.15, 0.2) is 23.1 Å². The van der Waals surface area contributed by atoms with E-state index in [4.69, 9.17) is 14.6 Å². The number of aliphatic hydroxyl groups is 1. The summed E-state index contributed by atoms with van der Waals surface area (Å²) in [5.41, 5.74) is 1.62. The standard InChI is InChI=1S/C17H19F2NO3/c1-22-17-9-13(3-5-16(17)23-7-6-21)11-20-10-12-2-4-14(18)15(19)8-12/h2-5,8-9,20-21H,6-7,10-11H2,1H3. The maximum Gasteiger partial charge on any atom is 0.161 e. The molecule has 0 amide bonds. The Morgan fingerprint density at radius 1 is 0.957 bits per heavy atom. The van der Waals surface area contributed by atoms with Crippen LogP contribution in [0.2, 0.25) is 0 Å². The Labute approximate surface area is 133 Å². The summed E-state index contributed by atoms with van der Waals surface area (Å²) in [6, 6.07) is 9.29. The van der Waals surface area contributed by atoms with Gasteiger partial charge < -0.3 is 19.9 Å². The average molecular weight is 323 g/mol. The second kappa shape index (κ2) is 8.45. The van der Waals surface area contributed by atoms with Crippen molar-refractivity contribution in [2.45, 2.75) is 13.1 Å². The number of hydrogen-bond acceptors (Lipinski definition) is 4. The third-order valence-electron chi connectivity index (χ3n) is 3.22. The molecule has 0 fully saturated rings. The van der Waals surface area contributed by atoms with Crippen LogP contribution >= 0.6 is 0 Å². The smallest absolute Gasteiger partial charge is 0.161 e. The van der Waals surface area contributed by atoms with Gasteiger partial charge in [0.05, 0.1) is 13.7 Å². The minimum atomic E-state index is -0.851. The van der Waals surface area contributed by atoms with Crippen LogP contribution in [-0.2, 0) is 13.1 Å². The van der Waals surface area contributed by atoms with Gasteiger partial charge in [-0.1, -0.05) is 12.1 Å². The molecule has 0 radical (unpaired) electrons. The Hall–Kier alpha value is -2.18. The van der Waals surface area contributed by atoms with Crippen molar-refractivity contribution in [2.75, 3.05) is 20.3 Å². The molecular weight excluding hydrogens is 304 g/mol. The summed E-state index contributed by atoms with van der Waals surface area (Å²) >= 11 is 0. The highest BCUT2D eigenvalue weighted by Gasteiger charge is 2.06. The van der Waals surface area contributed by atoms with Crippen LogP contribution in [0.1, 0.15) is 11.1 Å². The first-order valence-electron chi connectivity index (χ1n) is 7.19. The van der Waals surface area contributed by atoms with E-state index in [2.05, 4.69) is 5.32 Å². The van der Waals surface area contributed by atoms with Crippen LogP contribution in [0.5, 0.6) is 11.5 Å². The lowest BCUT2D eigenvalue weighted by Gasteiger charge is -2.12. The number of methoxy groups -OCH3 is 1. The highest BCUT2D eigenvalue weighted by atomic mass is 19.2. The molecule has 2 aromatic rings. The minimum Gasteiger partial charge on any atom is -0.493 e. The zero-order chi connectivity index (χ0) is 16.7. The van der Waals surface area contributed by atoms with Crippen molar-refractivity contribution in [1.29, 1.82) is 0 Å². The SMILES string of the molecule is COc1cc(CNCc2ccc(F)c(F)c2)ccc1OCCO. The topological polar surface area (TPSA) is 50.7 Å². The number of hydrogen-bond donors (Lipinski definition) is 2. The Kier molecular flexibility index (Phi) is 6.31. The summed E-state index contributed by atoms with van der Waals surface area (Å²) in [6.07, 6.45) is 0. The molecule has 0 heterocycles. The first kappa shape index (κ1) is 17.2. The summed E-state index contributed by atoms with van der Waals surface area (Å²) in [5.74, 6) is -0.565. The fourth-order valence-electron chi connectivity index (χ4n) is 2.10. The fraction of sp³-hybridized carbons (Fsp3) is 0.294. The molecule has 0 bridgehead atoms. The van der Waals surface area contributed by atoms with Gasteiger partial charge >= 0.3 is 0 Å². The van der Waals surface area contributed by atoms with Crippen LogP contribution in [0.3, 0.4) is 0 Å². The third-order valence-corrected chi connectivity index (χ3v) is 3.22. The van der Waals surface area contributed by atoms with Crippen molar-refractivity contribution in [3.8, 4) is 11.5 Å². The number of rotatable bonds is 8. The van der Waals surface area contributed by atoms with Crippen LogP contribution in [-0.4, -0.2) is 25.4 Å². The predicted molar refractivity (Wildman–Crippen MR) is 82.5 cm³/mol. The van der Waals surface area contributed by atoms with E-state index in [1.807, 2.05) is 12.1 Å².